The van der Waals surface area contributed by atoms with Crippen LogP contribution in [0, 0.1) is 6.92 Å². The number of ether oxygens (including phenoxy) is 1. The third kappa shape index (κ3) is 3.17. The first kappa shape index (κ1) is 16.6. The van der Waals surface area contributed by atoms with Gasteiger partial charge in [-0.1, -0.05) is 6.07 Å². The highest BCUT2D eigenvalue weighted by molar-refractivity contribution is 8.00. The number of rotatable bonds is 4. The Labute approximate surface area is 144 Å². The monoisotopic (exact) mass is 345 g/mol. The van der Waals surface area contributed by atoms with Crippen LogP contribution in [0.5, 0.6) is 5.75 Å². The van der Waals surface area contributed by atoms with E-state index < -0.39 is 0 Å². The standard InChI is InChI=1S/C17H19N3O3S/c1-11-18-15-9-20(8-14(15)17(22)19(11)2)16(21)10-24-13-6-4-5-12(7-13)23-3/h4-7H,8-10H2,1-3H3. The van der Waals surface area contributed by atoms with Crippen LogP contribution in [0.3, 0.4) is 0 Å². The summed E-state index contributed by atoms with van der Waals surface area (Å²) in [6.45, 7) is 2.54. The molecule has 7 heteroatoms. The van der Waals surface area contributed by atoms with Crippen LogP contribution in [-0.2, 0) is 24.9 Å². The van der Waals surface area contributed by atoms with Gasteiger partial charge in [0.25, 0.3) is 5.56 Å². The first-order chi connectivity index (χ1) is 11.5. The second kappa shape index (κ2) is 6.68. The van der Waals surface area contributed by atoms with Crippen molar-refractivity contribution in [1.29, 1.82) is 0 Å². The minimum Gasteiger partial charge on any atom is -0.497 e. The number of carbonyl (C=O) groups excluding carboxylic acids is 1. The molecule has 126 valence electrons. The molecule has 2 heterocycles. The average molecular weight is 345 g/mol. The highest BCUT2D eigenvalue weighted by atomic mass is 32.2. The van der Waals surface area contributed by atoms with Gasteiger partial charge in [-0.05, 0) is 25.1 Å². The van der Waals surface area contributed by atoms with Gasteiger partial charge in [-0.3, -0.25) is 14.2 Å². The van der Waals surface area contributed by atoms with Gasteiger partial charge in [-0.15, -0.1) is 11.8 Å². The summed E-state index contributed by atoms with van der Waals surface area (Å²) in [6, 6.07) is 7.61. The van der Waals surface area contributed by atoms with Crippen molar-refractivity contribution in [2.45, 2.75) is 24.9 Å². The molecule has 0 N–H and O–H groups in total. The molecule has 1 amide bonds. The first-order valence-corrected chi connectivity index (χ1v) is 8.58. The second-order valence-corrected chi connectivity index (χ2v) is 6.71. The number of hydrogen-bond acceptors (Lipinski definition) is 5. The van der Waals surface area contributed by atoms with Crippen molar-refractivity contribution >= 4 is 17.7 Å². The second-order valence-electron chi connectivity index (χ2n) is 5.67. The molecule has 0 bridgehead atoms. The predicted octanol–water partition coefficient (Wildman–Crippen LogP) is 1.73. The van der Waals surface area contributed by atoms with Gasteiger partial charge in [-0.25, -0.2) is 4.98 Å². The van der Waals surface area contributed by atoms with Crippen molar-refractivity contribution in [3.63, 3.8) is 0 Å². The number of fused-ring (bicyclic) bond motifs is 1. The smallest absolute Gasteiger partial charge is 0.258 e. The number of hydrogen-bond donors (Lipinski definition) is 0. The summed E-state index contributed by atoms with van der Waals surface area (Å²) in [5.74, 6) is 1.75. The Bertz CT molecular complexity index is 847. The van der Waals surface area contributed by atoms with Crippen LogP contribution in [0.1, 0.15) is 17.1 Å². The van der Waals surface area contributed by atoms with Crippen LogP contribution >= 0.6 is 11.8 Å². The number of methoxy groups -OCH3 is 1. The number of thioether (sulfide) groups is 1. The Hall–Kier alpha value is -2.28. The molecule has 1 aliphatic heterocycles. The maximum absolute atomic E-state index is 12.5. The van der Waals surface area contributed by atoms with E-state index in [0.29, 0.717) is 30.2 Å². The summed E-state index contributed by atoms with van der Waals surface area (Å²) >= 11 is 1.46. The fraction of sp³-hybridized carbons (Fsp3) is 0.353. The zero-order valence-corrected chi connectivity index (χ0v) is 14.7. The summed E-state index contributed by atoms with van der Waals surface area (Å²) in [4.78, 5) is 31.8. The molecule has 1 aromatic heterocycles. The van der Waals surface area contributed by atoms with E-state index >= 15 is 0 Å². The zero-order chi connectivity index (χ0) is 17.3. The Morgan fingerprint density at radius 2 is 2.17 bits per heavy atom. The summed E-state index contributed by atoms with van der Waals surface area (Å²) in [5.41, 5.74) is 1.28. The lowest BCUT2D eigenvalue weighted by molar-refractivity contribution is -0.128. The van der Waals surface area contributed by atoms with E-state index in [0.717, 1.165) is 16.3 Å². The summed E-state index contributed by atoms with van der Waals surface area (Å²) in [5, 5.41) is 0. The minimum absolute atomic E-state index is 0.000487. The number of nitrogens with zero attached hydrogens (tertiary/aromatic N) is 3. The van der Waals surface area contributed by atoms with E-state index in [1.807, 2.05) is 24.3 Å². The van der Waals surface area contributed by atoms with Crippen molar-refractivity contribution in [3.05, 3.63) is 51.7 Å². The summed E-state index contributed by atoms with van der Waals surface area (Å²) in [7, 11) is 3.32. The molecular formula is C17H19N3O3S. The molecule has 3 rings (SSSR count). The summed E-state index contributed by atoms with van der Waals surface area (Å²) in [6.07, 6.45) is 0. The third-order valence-corrected chi connectivity index (χ3v) is 5.12. The molecule has 0 saturated heterocycles. The molecule has 0 unspecified atom stereocenters. The first-order valence-electron chi connectivity index (χ1n) is 7.59. The lowest BCUT2D eigenvalue weighted by Crippen LogP contribution is -2.28. The van der Waals surface area contributed by atoms with Gasteiger partial charge >= 0.3 is 0 Å². The Kier molecular flexibility index (Phi) is 4.62. The van der Waals surface area contributed by atoms with Gasteiger partial charge in [0.05, 0.1) is 37.2 Å². The van der Waals surface area contributed by atoms with E-state index in [2.05, 4.69) is 4.98 Å². The van der Waals surface area contributed by atoms with E-state index in [-0.39, 0.29) is 11.5 Å². The number of carbonyl (C=O) groups is 1. The molecular weight excluding hydrogens is 326 g/mol. The van der Waals surface area contributed by atoms with Crippen molar-refractivity contribution < 1.29 is 9.53 Å². The molecule has 0 radical (unpaired) electrons. The van der Waals surface area contributed by atoms with Crippen LogP contribution in [0.15, 0.2) is 34.0 Å². The molecule has 6 nitrogen and oxygen atoms in total. The molecule has 0 aliphatic carbocycles. The van der Waals surface area contributed by atoms with Crippen molar-refractivity contribution in [2.75, 3.05) is 12.9 Å². The Morgan fingerprint density at radius 3 is 2.92 bits per heavy atom. The maximum Gasteiger partial charge on any atom is 0.258 e. The Balaban J connectivity index is 1.67. The molecule has 0 spiro atoms. The van der Waals surface area contributed by atoms with Crippen molar-refractivity contribution in [3.8, 4) is 5.75 Å². The van der Waals surface area contributed by atoms with Crippen LogP contribution in [-0.4, -0.2) is 33.2 Å². The van der Waals surface area contributed by atoms with E-state index in [9.17, 15) is 9.59 Å². The number of amides is 1. The molecule has 2 aromatic rings. The largest absolute Gasteiger partial charge is 0.497 e. The van der Waals surface area contributed by atoms with Gasteiger partial charge < -0.3 is 9.64 Å². The van der Waals surface area contributed by atoms with Gasteiger partial charge in [0.2, 0.25) is 5.91 Å². The maximum atomic E-state index is 12.5. The van der Waals surface area contributed by atoms with Gasteiger partial charge in [0, 0.05) is 11.9 Å². The number of aryl methyl sites for hydroxylation is 1. The van der Waals surface area contributed by atoms with Crippen LogP contribution < -0.4 is 10.3 Å². The van der Waals surface area contributed by atoms with Crippen LogP contribution in [0.4, 0.5) is 0 Å². The molecule has 0 fully saturated rings. The summed E-state index contributed by atoms with van der Waals surface area (Å²) < 4.78 is 6.71. The lowest BCUT2D eigenvalue weighted by Gasteiger charge is -2.14. The quantitative estimate of drug-likeness (QED) is 0.790. The van der Waals surface area contributed by atoms with Crippen molar-refractivity contribution in [2.24, 2.45) is 7.05 Å². The normalized spacial score (nSPS) is 13.0. The fourth-order valence-corrected chi connectivity index (χ4v) is 3.48. The highest BCUT2D eigenvalue weighted by Gasteiger charge is 2.27. The van der Waals surface area contributed by atoms with Crippen molar-refractivity contribution in [1.82, 2.24) is 14.5 Å². The lowest BCUT2D eigenvalue weighted by atomic mass is 10.2. The molecule has 24 heavy (non-hydrogen) atoms. The average Bonchev–Trinajstić information content (AvgIpc) is 3.02. The predicted molar refractivity (Wildman–Crippen MR) is 92.2 cm³/mol. The number of aromatic nitrogens is 2. The molecule has 1 aromatic carbocycles. The van der Waals surface area contributed by atoms with E-state index in [1.54, 1.807) is 26.0 Å². The Morgan fingerprint density at radius 1 is 1.38 bits per heavy atom. The SMILES string of the molecule is COc1cccc(SCC(=O)N2Cc3nc(C)n(C)c(=O)c3C2)c1. The minimum atomic E-state index is -0.0618. The van der Waals surface area contributed by atoms with Gasteiger partial charge in [-0.2, -0.15) is 0 Å². The molecule has 1 aliphatic rings. The molecule has 0 atom stereocenters. The number of benzene rings is 1. The van der Waals surface area contributed by atoms with Crippen LogP contribution in [0.25, 0.3) is 0 Å². The van der Waals surface area contributed by atoms with Gasteiger partial charge in [0.1, 0.15) is 11.6 Å². The third-order valence-electron chi connectivity index (χ3n) is 4.14. The zero-order valence-electron chi connectivity index (χ0n) is 13.9. The highest BCUT2D eigenvalue weighted by Crippen LogP contribution is 2.25. The van der Waals surface area contributed by atoms with E-state index in [1.165, 1.54) is 16.3 Å². The van der Waals surface area contributed by atoms with E-state index in [4.69, 9.17) is 4.74 Å². The van der Waals surface area contributed by atoms with Crippen LogP contribution in [0.2, 0.25) is 0 Å². The topological polar surface area (TPSA) is 64.4 Å². The fourth-order valence-electron chi connectivity index (χ4n) is 2.63. The van der Waals surface area contributed by atoms with Gasteiger partial charge in [0.15, 0.2) is 0 Å². The molecule has 0 saturated carbocycles.